The fourth-order valence-corrected chi connectivity index (χ4v) is 2.65. The zero-order chi connectivity index (χ0) is 16.1. The summed E-state index contributed by atoms with van der Waals surface area (Å²) in [7, 11) is 0. The predicted octanol–water partition coefficient (Wildman–Crippen LogP) is 2.33. The molecule has 1 fully saturated rings. The largest absolute Gasteiger partial charge is 0.395 e. The Bertz CT molecular complexity index is 530. The number of likely N-dealkylation sites (N-methyl/N-ethyl adjacent to an activating group) is 1. The summed E-state index contributed by atoms with van der Waals surface area (Å²) in [5.74, 6) is -0.504. The van der Waals surface area contributed by atoms with E-state index in [2.05, 4.69) is 5.32 Å². The molecule has 122 valence electrons. The van der Waals surface area contributed by atoms with Crippen molar-refractivity contribution in [2.24, 2.45) is 0 Å². The quantitative estimate of drug-likeness (QED) is 0.871. The van der Waals surface area contributed by atoms with Crippen LogP contribution in [0.3, 0.4) is 0 Å². The SMILES string of the molecule is CCN(CCO)C(=O)NC1CCOC1c1ccc(Cl)c(F)c1. The second kappa shape index (κ2) is 7.76. The van der Waals surface area contributed by atoms with Crippen LogP contribution in [-0.2, 0) is 4.74 Å². The molecule has 1 aromatic carbocycles. The first-order valence-electron chi connectivity index (χ1n) is 7.29. The van der Waals surface area contributed by atoms with Crippen LogP contribution in [0.25, 0.3) is 0 Å². The molecule has 2 unspecified atom stereocenters. The normalized spacial score (nSPS) is 20.9. The van der Waals surface area contributed by atoms with Crippen LogP contribution in [0.2, 0.25) is 5.02 Å². The van der Waals surface area contributed by atoms with E-state index in [9.17, 15) is 9.18 Å². The van der Waals surface area contributed by atoms with Crippen molar-refractivity contribution in [3.8, 4) is 0 Å². The number of aliphatic hydroxyl groups is 1. The molecule has 22 heavy (non-hydrogen) atoms. The molecule has 7 heteroatoms. The fraction of sp³-hybridized carbons (Fsp3) is 0.533. The summed E-state index contributed by atoms with van der Waals surface area (Å²) in [5.41, 5.74) is 0.648. The topological polar surface area (TPSA) is 61.8 Å². The number of benzene rings is 1. The van der Waals surface area contributed by atoms with Crippen molar-refractivity contribution < 1.29 is 19.0 Å². The minimum Gasteiger partial charge on any atom is -0.395 e. The average Bonchev–Trinajstić information content (AvgIpc) is 2.95. The van der Waals surface area contributed by atoms with Gasteiger partial charge in [0.1, 0.15) is 11.9 Å². The van der Waals surface area contributed by atoms with Gasteiger partial charge in [-0.1, -0.05) is 17.7 Å². The number of carbonyl (C=O) groups excluding carboxylic acids is 1. The summed E-state index contributed by atoms with van der Waals surface area (Å²) in [6.45, 7) is 3.02. The van der Waals surface area contributed by atoms with E-state index in [-0.39, 0.29) is 30.2 Å². The Labute approximate surface area is 134 Å². The van der Waals surface area contributed by atoms with E-state index < -0.39 is 11.9 Å². The molecule has 1 aliphatic heterocycles. The van der Waals surface area contributed by atoms with Crippen LogP contribution >= 0.6 is 11.6 Å². The van der Waals surface area contributed by atoms with Gasteiger partial charge in [0.25, 0.3) is 0 Å². The van der Waals surface area contributed by atoms with Crippen LogP contribution in [-0.4, -0.2) is 48.4 Å². The summed E-state index contributed by atoms with van der Waals surface area (Å²) in [6.07, 6.45) is 0.251. The molecule has 0 spiro atoms. The molecule has 1 aliphatic rings. The highest BCUT2D eigenvalue weighted by atomic mass is 35.5. The van der Waals surface area contributed by atoms with Gasteiger partial charge in [-0.25, -0.2) is 9.18 Å². The van der Waals surface area contributed by atoms with Crippen LogP contribution in [0.4, 0.5) is 9.18 Å². The summed E-state index contributed by atoms with van der Waals surface area (Å²) in [6, 6.07) is 4.03. The van der Waals surface area contributed by atoms with E-state index in [1.807, 2.05) is 6.92 Å². The predicted molar refractivity (Wildman–Crippen MR) is 81.4 cm³/mol. The van der Waals surface area contributed by atoms with Crippen molar-refractivity contribution in [1.82, 2.24) is 10.2 Å². The third kappa shape index (κ3) is 3.88. The molecular formula is C15H20ClFN2O3. The second-order valence-corrected chi connectivity index (χ2v) is 5.52. The fourth-order valence-electron chi connectivity index (χ4n) is 2.53. The Kier molecular flexibility index (Phi) is 5.99. The highest BCUT2D eigenvalue weighted by molar-refractivity contribution is 6.30. The number of nitrogens with one attached hydrogen (secondary N) is 1. The van der Waals surface area contributed by atoms with Gasteiger partial charge in [-0.05, 0) is 31.0 Å². The Hall–Kier alpha value is -1.37. The van der Waals surface area contributed by atoms with Gasteiger partial charge < -0.3 is 20.1 Å². The van der Waals surface area contributed by atoms with Crippen LogP contribution in [0, 0.1) is 5.82 Å². The lowest BCUT2D eigenvalue weighted by molar-refractivity contribution is 0.0974. The molecule has 0 bridgehead atoms. The summed E-state index contributed by atoms with van der Waals surface area (Å²) in [5, 5.41) is 11.9. The van der Waals surface area contributed by atoms with Gasteiger partial charge in [0, 0.05) is 19.7 Å². The Morgan fingerprint density at radius 1 is 1.59 bits per heavy atom. The van der Waals surface area contributed by atoms with Crippen LogP contribution < -0.4 is 5.32 Å². The molecule has 1 aromatic rings. The molecule has 2 rings (SSSR count). The molecule has 2 atom stereocenters. The standard InChI is InChI=1S/C15H20ClFN2O3/c1-2-19(6-7-20)15(21)18-13-5-8-22-14(13)10-3-4-11(16)12(17)9-10/h3-4,9,13-14,20H,2,5-8H2,1H3,(H,18,21). The number of hydrogen-bond acceptors (Lipinski definition) is 3. The summed E-state index contributed by atoms with van der Waals surface area (Å²) >= 11 is 5.69. The van der Waals surface area contributed by atoms with E-state index in [1.165, 1.54) is 17.0 Å². The van der Waals surface area contributed by atoms with E-state index in [0.717, 1.165) is 0 Å². The zero-order valence-corrected chi connectivity index (χ0v) is 13.1. The third-order valence-corrected chi connectivity index (χ3v) is 4.02. The lowest BCUT2D eigenvalue weighted by atomic mass is 10.0. The minimum absolute atomic E-state index is 0.0578. The smallest absolute Gasteiger partial charge is 0.317 e. The lowest BCUT2D eigenvalue weighted by Crippen LogP contribution is -2.46. The number of aliphatic hydroxyl groups excluding tert-OH is 1. The van der Waals surface area contributed by atoms with E-state index in [4.69, 9.17) is 21.4 Å². The number of amides is 2. The monoisotopic (exact) mass is 330 g/mol. The van der Waals surface area contributed by atoms with Crippen LogP contribution in [0.15, 0.2) is 18.2 Å². The Morgan fingerprint density at radius 3 is 3.00 bits per heavy atom. The lowest BCUT2D eigenvalue weighted by Gasteiger charge is -2.25. The summed E-state index contributed by atoms with van der Waals surface area (Å²) < 4.78 is 19.2. The molecule has 2 N–H and O–H groups in total. The van der Waals surface area contributed by atoms with Crippen molar-refractivity contribution in [3.63, 3.8) is 0 Å². The van der Waals surface area contributed by atoms with Crippen LogP contribution in [0.1, 0.15) is 25.0 Å². The minimum atomic E-state index is -0.504. The molecule has 0 aliphatic carbocycles. The van der Waals surface area contributed by atoms with Gasteiger partial charge >= 0.3 is 6.03 Å². The number of nitrogens with zero attached hydrogens (tertiary/aromatic N) is 1. The van der Waals surface area contributed by atoms with E-state index in [1.54, 1.807) is 6.07 Å². The highest BCUT2D eigenvalue weighted by Crippen LogP contribution is 2.31. The van der Waals surface area contributed by atoms with Gasteiger partial charge in [0.2, 0.25) is 0 Å². The van der Waals surface area contributed by atoms with Crippen molar-refractivity contribution in [2.75, 3.05) is 26.3 Å². The molecule has 0 saturated carbocycles. The van der Waals surface area contributed by atoms with E-state index >= 15 is 0 Å². The molecular weight excluding hydrogens is 311 g/mol. The van der Waals surface area contributed by atoms with Gasteiger partial charge in [-0.3, -0.25) is 0 Å². The molecule has 2 amide bonds. The third-order valence-electron chi connectivity index (χ3n) is 3.71. The summed E-state index contributed by atoms with van der Waals surface area (Å²) in [4.78, 5) is 13.7. The van der Waals surface area contributed by atoms with Crippen molar-refractivity contribution in [3.05, 3.63) is 34.6 Å². The van der Waals surface area contributed by atoms with Gasteiger partial charge in [0.05, 0.1) is 17.7 Å². The second-order valence-electron chi connectivity index (χ2n) is 5.11. The highest BCUT2D eigenvalue weighted by Gasteiger charge is 2.32. The van der Waals surface area contributed by atoms with Crippen molar-refractivity contribution in [2.45, 2.75) is 25.5 Å². The van der Waals surface area contributed by atoms with Gasteiger partial charge in [-0.2, -0.15) is 0 Å². The van der Waals surface area contributed by atoms with Gasteiger partial charge in [-0.15, -0.1) is 0 Å². The maximum absolute atomic E-state index is 13.6. The number of rotatable bonds is 5. The molecule has 1 saturated heterocycles. The first kappa shape index (κ1) is 17.0. The molecule has 5 nitrogen and oxygen atoms in total. The van der Waals surface area contributed by atoms with E-state index in [0.29, 0.717) is 25.1 Å². The van der Waals surface area contributed by atoms with Crippen molar-refractivity contribution >= 4 is 17.6 Å². The van der Waals surface area contributed by atoms with Crippen molar-refractivity contribution in [1.29, 1.82) is 0 Å². The number of hydrogen-bond donors (Lipinski definition) is 2. The molecule has 0 aromatic heterocycles. The molecule has 0 radical (unpaired) electrons. The first-order chi connectivity index (χ1) is 10.6. The Balaban J connectivity index is 2.07. The van der Waals surface area contributed by atoms with Crippen LogP contribution in [0.5, 0.6) is 0 Å². The first-order valence-corrected chi connectivity index (χ1v) is 7.67. The van der Waals surface area contributed by atoms with Gasteiger partial charge in [0.15, 0.2) is 0 Å². The number of urea groups is 1. The number of carbonyl (C=O) groups is 1. The Morgan fingerprint density at radius 2 is 2.36 bits per heavy atom. The maximum Gasteiger partial charge on any atom is 0.317 e. The molecule has 1 heterocycles. The zero-order valence-electron chi connectivity index (χ0n) is 12.4. The maximum atomic E-state index is 13.6. The number of halogens is 2. The average molecular weight is 331 g/mol. The number of ether oxygens (including phenoxy) is 1.